The molecule has 0 aliphatic carbocycles. The normalized spacial score (nSPS) is 14.6. The van der Waals surface area contributed by atoms with Crippen molar-refractivity contribution in [2.75, 3.05) is 26.2 Å². The van der Waals surface area contributed by atoms with Gasteiger partial charge < -0.3 is 15.0 Å². The molecule has 1 aliphatic heterocycles. The molecule has 148 valence electrons. The second-order valence-corrected chi connectivity index (χ2v) is 7.94. The molecular weight excluding hydrogens is 420 g/mol. The van der Waals surface area contributed by atoms with E-state index in [1.807, 2.05) is 60.4 Å². The average molecular weight is 445 g/mol. The summed E-state index contributed by atoms with van der Waals surface area (Å²) in [7, 11) is 0. The minimum absolute atomic E-state index is 0.0258. The maximum Gasteiger partial charge on any atom is 0.253 e. The van der Waals surface area contributed by atoms with Crippen molar-refractivity contribution in [2.24, 2.45) is 5.92 Å². The van der Waals surface area contributed by atoms with Crippen molar-refractivity contribution >= 4 is 27.7 Å². The van der Waals surface area contributed by atoms with Gasteiger partial charge in [-0.15, -0.1) is 0 Å². The van der Waals surface area contributed by atoms with Crippen molar-refractivity contribution in [3.05, 3.63) is 64.1 Å². The highest BCUT2D eigenvalue weighted by molar-refractivity contribution is 9.10. The van der Waals surface area contributed by atoms with E-state index in [4.69, 9.17) is 4.74 Å². The summed E-state index contributed by atoms with van der Waals surface area (Å²) in [4.78, 5) is 26.7. The smallest absolute Gasteiger partial charge is 0.253 e. The molecule has 1 aliphatic rings. The molecule has 1 fully saturated rings. The van der Waals surface area contributed by atoms with Crippen LogP contribution in [0.25, 0.3) is 0 Å². The minimum Gasteiger partial charge on any atom is -0.492 e. The van der Waals surface area contributed by atoms with Crippen LogP contribution >= 0.6 is 15.9 Å². The third kappa shape index (κ3) is 5.58. The number of nitrogens with zero attached hydrogens (tertiary/aromatic N) is 1. The van der Waals surface area contributed by atoms with Crippen LogP contribution in [0.3, 0.4) is 0 Å². The lowest BCUT2D eigenvalue weighted by atomic mass is 9.95. The quantitative estimate of drug-likeness (QED) is 0.689. The van der Waals surface area contributed by atoms with E-state index < -0.39 is 0 Å². The first kappa shape index (κ1) is 20.4. The molecule has 1 N–H and O–H groups in total. The zero-order valence-electron chi connectivity index (χ0n) is 16.0. The summed E-state index contributed by atoms with van der Waals surface area (Å²) in [5.74, 6) is 0.828. The summed E-state index contributed by atoms with van der Waals surface area (Å²) in [6.07, 6.45) is 1.37. The molecule has 0 atom stereocenters. The van der Waals surface area contributed by atoms with Crippen LogP contribution in [-0.4, -0.2) is 43.0 Å². The maximum absolute atomic E-state index is 12.5. The highest BCUT2D eigenvalue weighted by Crippen LogP contribution is 2.20. The lowest BCUT2D eigenvalue weighted by molar-refractivity contribution is -0.126. The van der Waals surface area contributed by atoms with Gasteiger partial charge in [-0.05, 0) is 56.2 Å². The zero-order valence-corrected chi connectivity index (χ0v) is 17.6. The molecule has 0 radical (unpaired) electrons. The molecule has 28 heavy (non-hydrogen) atoms. The predicted octanol–water partition coefficient (Wildman–Crippen LogP) is 3.80. The van der Waals surface area contributed by atoms with Crippen LogP contribution in [-0.2, 0) is 4.79 Å². The van der Waals surface area contributed by atoms with Gasteiger partial charge in [0.1, 0.15) is 12.4 Å². The number of aryl methyl sites for hydroxylation is 1. The Bertz CT molecular complexity index is 798. The first-order valence-electron chi connectivity index (χ1n) is 9.55. The Kier molecular flexibility index (Phi) is 7.09. The molecule has 0 saturated carbocycles. The Hall–Kier alpha value is -2.34. The van der Waals surface area contributed by atoms with Crippen LogP contribution in [0.15, 0.2) is 53.0 Å². The number of nitrogens with one attached hydrogen (secondary N) is 1. The van der Waals surface area contributed by atoms with Gasteiger partial charge in [-0.25, -0.2) is 0 Å². The Balaban J connectivity index is 1.38. The first-order chi connectivity index (χ1) is 13.5. The molecule has 0 bridgehead atoms. The molecule has 2 aromatic carbocycles. The van der Waals surface area contributed by atoms with Crippen molar-refractivity contribution in [3.8, 4) is 5.75 Å². The van der Waals surface area contributed by atoms with E-state index in [0.29, 0.717) is 44.6 Å². The van der Waals surface area contributed by atoms with E-state index in [-0.39, 0.29) is 17.7 Å². The van der Waals surface area contributed by atoms with Crippen molar-refractivity contribution in [1.29, 1.82) is 0 Å². The molecule has 2 aromatic rings. The van der Waals surface area contributed by atoms with E-state index in [0.717, 1.165) is 10.2 Å². The van der Waals surface area contributed by atoms with Crippen LogP contribution in [0.2, 0.25) is 0 Å². The highest BCUT2D eigenvalue weighted by atomic mass is 79.9. The average Bonchev–Trinajstić information content (AvgIpc) is 2.72. The molecule has 0 unspecified atom stereocenters. The summed E-state index contributed by atoms with van der Waals surface area (Å²) >= 11 is 3.38. The van der Waals surface area contributed by atoms with Gasteiger partial charge in [-0.3, -0.25) is 9.59 Å². The largest absolute Gasteiger partial charge is 0.492 e. The zero-order chi connectivity index (χ0) is 19.9. The van der Waals surface area contributed by atoms with Gasteiger partial charge in [-0.1, -0.05) is 33.6 Å². The third-order valence-electron chi connectivity index (χ3n) is 4.94. The number of ether oxygens (including phenoxy) is 1. The van der Waals surface area contributed by atoms with Crippen LogP contribution in [0.1, 0.15) is 28.8 Å². The summed E-state index contributed by atoms with van der Waals surface area (Å²) < 4.78 is 6.58. The predicted molar refractivity (Wildman–Crippen MR) is 112 cm³/mol. The van der Waals surface area contributed by atoms with Crippen LogP contribution in [0.4, 0.5) is 0 Å². The Morgan fingerprint density at radius 1 is 1.07 bits per heavy atom. The number of rotatable bonds is 6. The van der Waals surface area contributed by atoms with Crippen molar-refractivity contribution in [1.82, 2.24) is 10.2 Å². The molecule has 2 amide bonds. The van der Waals surface area contributed by atoms with Gasteiger partial charge in [0, 0.05) is 29.0 Å². The molecule has 6 heteroatoms. The first-order valence-corrected chi connectivity index (χ1v) is 10.3. The molecule has 5 nitrogen and oxygen atoms in total. The van der Waals surface area contributed by atoms with Gasteiger partial charge in [0.05, 0.1) is 6.54 Å². The van der Waals surface area contributed by atoms with E-state index >= 15 is 0 Å². The second kappa shape index (κ2) is 9.73. The van der Waals surface area contributed by atoms with Gasteiger partial charge in [0.25, 0.3) is 5.91 Å². The number of carbonyl (C=O) groups excluding carboxylic acids is 2. The topological polar surface area (TPSA) is 58.6 Å². The Labute approximate surface area is 174 Å². The summed E-state index contributed by atoms with van der Waals surface area (Å²) in [5.41, 5.74) is 1.87. The van der Waals surface area contributed by atoms with Gasteiger partial charge in [0.2, 0.25) is 5.91 Å². The molecular formula is C22H25BrN2O3. The Morgan fingerprint density at radius 3 is 2.36 bits per heavy atom. The van der Waals surface area contributed by atoms with Gasteiger partial charge in [0.15, 0.2) is 0 Å². The fraction of sp³-hybridized carbons (Fsp3) is 0.364. The minimum atomic E-state index is -0.0478. The van der Waals surface area contributed by atoms with Crippen molar-refractivity contribution < 1.29 is 14.3 Å². The molecule has 1 saturated heterocycles. The van der Waals surface area contributed by atoms with E-state index in [1.54, 1.807) is 0 Å². The summed E-state index contributed by atoms with van der Waals surface area (Å²) in [6.45, 7) is 4.15. The number of amides is 2. The van der Waals surface area contributed by atoms with E-state index in [1.165, 1.54) is 5.56 Å². The van der Waals surface area contributed by atoms with Crippen molar-refractivity contribution in [3.63, 3.8) is 0 Å². The Morgan fingerprint density at radius 2 is 1.71 bits per heavy atom. The van der Waals surface area contributed by atoms with Crippen LogP contribution in [0.5, 0.6) is 5.75 Å². The van der Waals surface area contributed by atoms with Crippen molar-refractivity contribution in [2.45, 2.75) is 19.8 Å². The third-order valence-corrected chi connectivity index (χ3v) is 5.46. The second-order valence-electron chi connectivity index (χ2n) is 7.03. The monoisotopic (exact) mass is 444 g/mol. The van der Waals surface area contributed by atoms with E-state index in [2.05, 4.69) is 21.2 Å². The van der Waals surface area contributed by atoms with E-state index in [9.17, 15) is 9.59 Å². The summed E-state index contributed by atoms with van der Waals surface area (Å²) in [5, 5.41) is 2.94. The standard InChI is InChI=1S/C22H25BrN2O3/c1-16-2-8-20(9-3-16)28-15-12-24-21(26)17-10-13-25(14-11-17)22(27)18-4-6-19(23)7-5-18/h2-9,17H,10-15H2,1H3,(H,24,26). The number of carbonyl (C=O) groups is 2. The molecule has 0 aromatic heterocycles. The van der Waals surface area contributed by atoms with Gasteiger partial charge >= 0.3 is 0 Å². The SMILES string of the molecule is Cc1ccc(OCCNC(=O)C2CCN(C(=O)c3ccc(Br)cc3)CC2)cc1. The number of piperidine rings is 1. The lowest BCUT2D eigenvalue weighted by Gasteiger charge is -2.31. The van der Waals surface area contributed by atoms with Crippen LogP contribution in [0, 0.1) is 12.8 Å². The molecule has 1 heterocycles. The molecule has 0 spiro atoms. The number of halogens is 1. The summed E-state index contributed by atoms with van der Waals surface area (Å²) in [6, 6.07) is 15.2. The number of hydrogen-bond acceptors (Lipinski definition) is 3. The number of likely N-dealkylation sites (tertiary alicyclic amines) is 1. The number of benzene rings is 2. The van der Waals surface area contributed by atoms with Gasteiger partial charge in [-0.2, -0.15) is 0 Å². The maximum atomic E-state index is 12.5. The number of hydrogen-bond donors (Lipinski definition) is 1. The fourth-order valence-corrected chi connectivity index (χ4v) is 3.51. The molecule has 3 rings (SSSR count). The van der Waals surface area contributed by atoms with Crippen LogP contribution < -0.4 is 10.1 Å². The lowest BCUT2D eigenvalue weighted by Crippen LogP contribution is -2.43. The fourth-order valence-electron chi connectivity index (χ4n) is 3.24. The highest BCUT2D eigenvalue weighted by Gasteiger charge is 2.27.